The number of phenols is 1. The lowest BCUT2D eigenvalue weighted by Crippen LogP contribution is -1.90. The fraction of sp³-hybridized carbons (Fsp3) is 0. The van der Waals surface area contributed by atoms with Crippen molar-refractivity contribution in [2.45, 2.75) is 0 Å². The number of non-ortho nitro benzene ring substituents is 1. The Morgan fingerprint density at radius 3 is 2.87 bits per heavy atom. The van der Waals surface area contributed by atoms with Gasteiger partial charge in [0.15, 0.2) is 0 Å². The minimum Gasteiger partial charge on any atom is -0.507 e. The Hall–Kier alpha value is -3.62. The second kappa shape index (κ2) is 6.02. The molecule has 0 saturated heterocycles. The van der Waals surface area contributed by atoms with E-state index in [1.807, 2.05) is 0 Å². The Morgan fingerprint density at radius 1 is 1.26 bits per heavy atom. The number of aromatic hydroxyl groups is 1. The third kappa shape index (κ3) is 3.18. The molecule has 2 aromatic carbocycles. The monoisotopic (exact) mass is 310 g/mol. The summed E-state index contributed by atoms with van der Waals surface area (Å²) in [5.74, 6) is 0.342. The maximum Gasteiger partial charge on any atom is 0.270 e. The highest BCUT2D eigenvalue weighted by Crippen LogP contribution is 2.24. The first-order valence-electron chi connectivity index (χ1n) is 6.49. The van der Waals surface area contributed by atoms with Crippen molar-refractivity contribution in [1.29, 1.82) is 0 Å². The quantitative estimate of drug-likeness (QED) is 0.431. The zero-order valence-corrected chi connectivity index (χ0v) is 11.6. The lowest BCUT2D eigenvalue weighted by molar-refractivity contribution is -0.384. The number of nitro benzene ring substituents is 1. The average molecular weight is 310 g/mol. The standard InChI is InChI=1S/C14H10N6O3/c21-13-5-4-12(20(22)23)7-10(13)8-15-11-3-1-2-9(6-11)14-16-18-19-17-14/h1-8,21H,(H,16,17,18,19). The molecular formula is C14H10N6O3. The van der Waals surface area contributed by atoms with Crippen molar-refractivity contribution in [2.75, 3.05) is 0 Å². The number of hydrogen-bond donors (Lipinski definition) is 2. The molecule has 0 aliphatic heterocycles. The zero-order chi connectivity index (χ0) is 16.2. The highest BCUT2D eigenvalue weighted by atomic mass is 16.6. The summed E-state index contributed by atoms with van der Waals surface area (Å²) in [5, 5.41) is 34.1. The summed E-state index contributed by atoms with van der Waals surface area (Å²) in [6.07, 6.45) is 1.36. The van der Waals surface area contributed by atoms with Gasteiger partial charge in [-0.3, -0.25) is 15.1 Å². The van der Waals surface area contributed by atoms with Crippen LogP contribution >= 0.6 is 0 Å². The number of hydrogen-bond acceptors (Lipinski definition) is 7. The van der Waals surface area contributed by atoms with Gasteiger partial charge in [0.05, 0.1) is 10.6 Å². The van der Waals surface area contributed by atoms with Gasteiger partial charge in [-0.05, 0) is 23.4 Å². The number of nitrogens with zero attached hydrogens (tertiary/aromatic N) is 5. The smallest absolute Gasteiger partial charge is 0.270 e. The molecule has 9 heteroatoms. The fourth-order valence-electron chi connectivity index (χ4n) is 1.91. The van der Waals surface area contributed by atoms with Crippen LogP contribution in [0.25, 0.3) is 11.4 Å². The Balaban J connectivity index is 1.90. The van der Waals surface area contributed by atoms with Gasteiger partial charge in [0, 0.05) is 29.5 Å². The molecule has 0 amide bonds. The van der Waals surface area contributed by atoms with Gasteiger partial charge in [-0.15, -0.1) is 10.2 Å². The van der Waals surface area contributed by atoms with Crippen molar-refractivity contribution in [3.05, 3.63) is 58.1 Å². The molecule has 0 atom stereocenters. The number of benzene rings is 2. The van der Waals surface area contributed by atoms with Crippen LogP contribution in [0.2, 0.25) is 0 Å². The first-order chi connectivity index (χ1) is 11.1. The van der Waals surface area contributed by atoms with Gasteiger partial charge in [-0.1, -0.05) is 12.1 Å². The molecule has 0 radical (unpaired) electrons. The normalized spacial score (nSPS) is 11.0. The molecular weight excluding hydrogens is 300 g/mol. The van der Waals surface area contributed by atoms with E-state index >= 15 is 0 Å². The molecule has 1 heterocycles. The molecule has 0 aliphatic carbocycles. The highest BCUT2D eigenvalue weighted by Gasteiger charge is 2.09. The van der Waals surface area contributed by atoms with Crippen molar-refractivity contribution in [1.82, 2.24) is 20.6 Å². The third-order valence-corrected chi connectivity index (χ3v) is 3.02. The van der Waals surface area contributed by atoms with E-state index in [4.69, 9.17) is 0 Å². The predicted molar refractivity (Wildman–Crippen MR) is 81.6 cm³/mol. The minimum atomic E-state index is -0.534. The molecule has 0 aliphatic rings. The van der Waals surface area contributed by atoms with Crippen LogP contribution in [-0.2, 0) is 0 Å². The summed E-state index contributed by atoms with van der Waals surface area (Å²) in [7, 11) is 0. The summed E-state index contributed by atoms with van der Waals surface area (Å²) >= 11 is 0. The Kier molecular flexibility index (Phi) is 3.75. The second-order valence-electron chi connectivity index (χ2n) is 4.54. The number of nitro groups is 1. The Morgan fingerprint density at radius 2 is 2.13 bits per heavy atom. The minimum absolute atomic E-state index is 0.0892. The maximum absolute atomic E-state index is 10.8. The molecule has 9 nitrogen and oxygen atoms in total. The second-order valence-corrected chi connectivity index (χ2v) is 4.54. The largest absolute Gasteiger partial charge is 0.507 e. The van der Waals surface area contributed by atoms with Crippen molar-refractivity contribution >= 4 is 17.6 Å². The fourth-order valence-corrected chi connectivity index (χ4v) is 1.91. The van der Waals surface area contributed by atoms with Gasteiger partial charge in [-0.25, -0.2) is 0 Å². The molecule has 3 aromatic rings. The molecule has 114 valence electrons. The number of aromatic amines is 1. The van der Waals surface area contributed by atoms with E-state index < -0.39 is 4.92 Å². The Bertz CT molecular complexity index is 876. The van der Waals surface area contributed by atoms with Crippen LogP contribution in [0, 0.1) is 10.1 Å². The SMILES string of the molecule is O=[N+]([O-])c1ccc(O)c(C=Nc2cccc(-c3nn[nH]n3)c2)c1. The molecule has 0 bridgehead atoms. The van der Waals surface area contributed by atoms with E-state index in [-0.39, 0.29) is 17.0 Å². The lowest BCUT2D eigenvalue weighted by Gasteiger charge is -2.00. The van der Waals surface area contributed by atoms with Gasteiger partial charge in [-0.2, -0.15) is 5.21 Å². The zero-order valence-electron chi connectivity index (χ0n) is 11.6. The summed E-state index contributed by atoms with van der Waals surface area (Å²) in [4.78, 5) is 14.5. The van der Waals surface area contributed by atoms with Gasteiger partial charge in [0.1, 0.15) is 5.75 Å². The van der Waals surface area contributed by atoms with Crippen LogP contribution in [0.1, 0.15) is 5.56 Å². The lowest BCUT2D eigenvalue weighted by atomic mass is 10.2. The van der Waals surface area contributed by atoms with Crippen LogP contribution in [0.5, 0.6) is 5.75 Å². The summed E-state index contributed by atoms with van der Waals surface area (Å²) in [6, 6.07) is 10.8. The van der Waals surface area contributed by atoms with E-state index in [9.17, 15) is 15.2 Å². The molecule has 23 heavy (non-hydrogen) atoms. The van der Waals surface area contributed by atoms with Gasteiger partial charge in [0.25, 0.3) is 5.69 Å². The van der Waals surface area contributed by atoms with E-state index in [1.54, 1.807) is 24.3 Å². The predicted octanol–water partition coefficient (Wildman–Crippen LogP) is 2.23. The summed E-state index contributed by atoms with van der Waals surface area (Å²) < 4.78 is 0. The number of phenolic OH excluding ortho intramolecular Hbond substituents is 1. The number of aromatic nitrogens is 4. The molecule has 1 aromatic heterocycles. The maximum atomic E-state index is 10.8. The first kappa shape index (κ1) is 14.3. The molecule has 2 N–H and O–H groups in total. The topological polar surface area (TPSA) is 130 Å². The number of nitrogens with one attached hydrogen (secondary N) is 1. The number of aliphatic imine (C=N–C) groups is 1. The van der Waals surface area contributed by atoms with Gasteiger partial charge in [0.2, 0.25) is 5.82 Å². The first-order valence-corrected chi connectivity index (χ1v) is 6.49. The van der Waals surface area contributed by atoms with E-state index in [0.29, 0.717) is 11.5 Å². The highest BCUT2D eigenvalue weighted by molar-refractivity contribution is 5.86. The molecule has 3 rings (SSSR count). The Labute approximate surface area is 129 Å². The van der Waals surface area contributed by atoms with Crippen molar-refractivity contribution in [3.63, 3.8) is 0 Å². The van der Waals surface area contributed by atoms with Crippen LogP contribution in [0.3, 0.4) is 0 Å². The van der Waals surface area contributed by atoms with Crippen LogP contribution < -0.4 is 0 Å². The van der Waals surface area contributed by atoms with Crippen molar-refractivity contribution in [2.24, 2.45) is 4.99 Å². The van der Waals surface area contributed by atoms with Crippen LogP contribution in [0.15, 0.2) is 47.5 Å². The van der Waals surface area contributed by atoms with Crippen LogP contribution in [0.4, 0.5) is 11.4 Å². The third-order valence-electron chi connectivity index (χ3n) is 3.02. The number of tetrazole rings is 1. The molecule has 0 fully saturated rings. The van der Waals surface area contributed by atoms with E-state index in [1.165, 1.54) is 24.4 Å². The number of H-pyrrole nitrogens is 1. The van der Waals surface area contributed by atoms with Gasteiger partial charge < -0.3 is 5.11 Å². The summed E-state index contributed by atoms with van der Waals surface area (Å²) in [6.45, 7) is 0. The van der Waals surface area contributed by atoms with E-state index in [2.05, 4.69) is 25.6 Å². The van der Waals surface area contributed by atoms with Crippen LogP contribution in [-0.4, -0.2) is 36.9 Å². The summed E-state index contributed by atoms with van der Waals surface area (Å²) in [5.41, 5.74) is 1.43. The molecule has 0 saturated carbocycles. The molecule has 0 spiro atoms. The molecule has 0 unspecified atom stereocenters. The average Bonchev–Trinajstić information content (AvgIpc) is 3.08. The van der Waals surface area contributed by atoms with Gasteiger partial charge >= 0.3 is 0 Å². The van der Waals surface area contributed by atoms with E-state index in [0.717, 1.165) is 5.56 Å². The number of rotatable bonds is 4. The van der Waals surface area contributed by atoms with Crippen molar-refractivity contribution in [3.8, 4) is 17.1 Å². The van der Waals surface area contributed by atoms with Crippen molar-refractivity contribution < 1.29 is 10.0 Å².